The fraction of sp³-hybridized carbons (Fsp3) is 0.400. The lowest BCUT2D eigenvalue weighted by atomic mass is 10.0. The van der Waals surface area contributed by atoms with E-state index < -0.39 is 5.97 Å². The number of hydrogen-bond acceptors (Lipinski definition) is 6. The monoisotopic (exact) mass is 507 g/mol. The summed E-state index contributed by atoms with van der Waals surface area (Å²) >= 11 is 0. The smallest absolute Gasteiger partial charge is 0.330 e. The predicted molar refractivity (Wildman–Crippen MR) is 145 cm³/mol. The van der Waals surface area contributed by atoms with Gasteiger partial charge in [-0.05, 0) is 73.7 Å². The molecule has 0 bridgehead atoms. The zero-order chi connectivity index (χ0) is 27.0. The number of methoxy groups -OCH3 is 3. The second kappa shape index (κ2) is 15.9. The fourth-order valence-electron chi connectivity index (χ4n) is 3.79. The maximum absolute atomic E-state index is 10.8. The lowest BCUT2D eigenvalue weighted by Crippen LogP contribution is -1.99. The third kappa shape index (κ3) is 9.57. The van der Waals surface area contributed by atoms with Gasteiger partial charge in [-0.15, -0.1) is 0 Å². The highest BCUT2D eigenvalue weighted by Crippen LogP contribution is 2.33. The van der Waals surface area contributed by atoms with E-state index in [4.69, 9.17) is 24.1 Å². The number of unbranched alkanes of at least 4 members (excludes halogenated alkanes) is 6. The number of allylic oxidation sites excluding steroid dienone is 2. The Labute approximate surface area is 219 Å². The van der Waals surface area contributed by atoms with E-state index in [0.29, 0.717) is 40.8 Å². The molecule has 0 radical (unpaired) electrons. The number of carboxylic acid groups (broad SMARTS) is 1. The predicted octanol–water partition coefficient (Wildman–Crippen LogP) is 6.92. The Balaban J connectivity index is 1.86. The van der Waals surface area contributed by atoms with Crippen LogP contribution < -0.4 is 18.9 Å². The molecular formula is C30H37NO6. The molecule has 198 valence electrons. The Kier molecular flexibility index (Phi) is 12.6. The van der Waals surface area contributed by atoms with Crippen LogP contribution in [0.3, 0.4) is 0 Å². The Morgan fingerprint density at radius 1 is 0.865 bits per heavy atom. The first-order chi connectivity index (χ1) is 17.9. The SMILES string of the molecule is COc1ccc(C(C#N)=Cc2ccc(OCCCCCCCCC=C(C)C(=O)O)c(OC)c2)cc1OC. The first-order valence-electron chi connectivity index (χ1n) is 12.5. The number of benzene rings is 2. The van der Waals surface area contributed by atoms with Gasteiger partial charge in [0.15, 0.2) is 23.0 Å². The van der Waals surface area contributed by atoms with Crippen LogP contribution in [0.15, 0.2) is 48.0 Å². The van der Waals surface area contributed by atoms with Crippen molar-refractivity contribution in [1.29, 1.82) is 5.26 Å². The van der Waals surface area contributed by atoms with Crippen LogP contribution in [-0.4, -0.2) is 39.0 Å². The van der Waals surface area contributed by atoms with Gasteiger partial charge >= 0.3 is 5.97 Å². The fourth-order valence-corrected chi connectivity index (χ4v) is 3.79. The van der Waals surface area contributed by atoms with Crippen LogP contribution in [0, 0.1) is 11.3 Å². The molecule has 0 heterocycles. The van der Waals surface area contributed by atoms with E-state index in [2.05, 4.69) is 6.07 Å². The molecule has 0 aliphatic rings. The molecule has 0 aliphatic heterocycles. The lowest BCUT2D eigenvalue weighted by molar-refractivity contribution is -0.132. The van der Waals surface area contributed by atoms with Gasteiger partial charge in [-0.2, -0.15) is 5.26 Å². The molecule has 0 atom stereocenters. The van der Waals surface area contributed by atoms with E-state index in [1.54, 1.807) is 52.5 Å². The lowest BCUT2D eigenvalue weighted by Gasteiger charge is -2.12. The van der Waals surface area contributed by atoms with Crippen LogP contribution in [0.2, 0.25) is 0 Å². The summed E-state index contributed by atoms with van der Waals surface area (Å²) in [6, 6.07) is 13.2. The quantitative estimate of drug-likeness (QED) is 0.114. The average Bonchev–Trinajstić information content (AvgIpc) is 2.92. The molecular weight excluding hydrogens is 470 g/mol. The summed E-state index contributed by atoms with van der Waals surface area (Å²) in [5, 5.41) is 18.6. The van der Waals surface area contributed by atoms with Crippen molar-refractivity contribution in [3.63, 3.8) is 0 Å². The highest BCUT2D eigenvalue weighted by atomic mass is 16.5. The summed E-state index contributed by atoms with van der Waals surface area (Å²) < 4.78 is 22.1. The number of aliphatic carboxylic acids is 1. The summed E-state index contributed by atoms with van der Waals surface area (Å²) in [7, 11) is 4.73. The van der Waals surface area contributed by atoms with E-state index in [1.165, 1.54) is 0 Å². The van der Waals surface area contributed by atoms with E-state index in [0.717, 1.165) is 56.1 Å². The third-order valence-corrected chi connectivity index (χ3v) is 5.96. The van der Waals surface area contributed by atoms with E-state index >= 15 is 0 Å². The van der Waals surface area contributed by atoms with Crippen LogP contribution in [0.1, 0.15) is 63.0 Å². The Morgan fingerprint density at radius 3 is 2.14 bits per heavy atom. The van der Waals surface area contributed by atoms with Gasteiger partial charge in [0.2, 0.25) is 0 Å². The van der Waals surface area contributed by atoms with Crippen molar-refractivity contribution in [2.24, 2.45) is 0 Å². The molecule has 2 aromatic rings. The molecule has 0 amide bonds. The van der Waals surface area contributed by atoms with Crippen molar-refractivity contribution < 1.29 is 28.8 Å². The molecule has 7 nitrogen and oxygen atoms in total. The number of carbonyl (C=O) groups is 1. The molecule has 0 saturated carbocycles. The number of hydrogen-bond donors (Lipinski definition) is 1. The normalized spacial score (nSPS) is 11.5. The van der Waals surface area contributed by atoms with Gasteiger partial charge in [0.25, 0.3) is 0 Å². The van der Waals surface area contributed by atoms with Gasteiger partial charge in [-0.1, -0.05) is 37.8 Å². The number of ether oxygens (including phenoxy) is 4. The van der Waals surface area contributed by atoms with Crippen LogP contribution in [0.25, 0.3) is 11.6 Å². The van der Waals surface area contributed by atoms with Crippen molar-refractivity contribution in [3.05, 3.63) is 59.2 Å². The summed E-state index contributed by atoms with van der Waals surface area (Å²) in [5.41, 5.74) is 2.46. The molecule has 0 unspecified atom stereocenters. The maximum Gasteiger partial charge on any atom is 0.330 e. The molecule has 37 heavy (non-hydrogen) atoms. The zero-order valence-corrected chi connectivity index (χ0v) is 22.2. The second-order valence-electron chi connectivity index (χ2n) is 8.60. The number of nitrogens with zero attached hydrogens (tertiary/aromatic N) is 1. The largest absolute Gasteiger partial charge is 0.493 e. The van der Waals surface area contributed by atoms with Crippen molar-refractivity contribution in [3.8, 4) is 29.1 Å². The van der Waals surface area contributed by atoms with Crippen LogP contribution in [-0.2, 0) is 4.79 Å². The molecule has 0 aromatic heterocycles. The van der Waals surface area contributed by atoms with Gasteiger partial charge in [0.05, 0.1) is 39.6 Å². The van der Waals surface area contributed by atoms with Crippen molar-refractivity contribution in [2.45, 2.75) is 51.9 Å². The van der Waals surface area contributed by atoms with Gasteiger partial charge in [-0.3, -0.25) is 0 Å². The van der Waals surface area contributed by atoms with Gasteiger partial charge in [0.1, 0.15) is 0 Å². The average molecular weight is 508 g/mol. The van der Waals surface area contributed by atoms with Crippen molar-refractivity contribution >= 4 is 17.6 Å². The summed E-state index contributed by atoms with van der Waals surface area (Å²) in [5.74, 6) is 1.61. The van der Waals surface area contributed by atoms with E-state index in [1.807, 2.05) is 24.3 Å². The van der Waals surface area contributed by atoms with Crippen molar-refractivity contribution in [2.75, 3.05) is 27.9 Å². The standard InChI is InChI=1S/C30H37NO6/c1-22(30(32)33)12-10-8-6-5-7-9-11-17-37-27-15-13-23(19-28(27)35-3)18-25(21-31)24-14-16-26(34-2)29(20-24)36-4/h12-16,18-20H,5-11,17H2,1-4H3,(H,32,33). The topological polar surface area (TPSA) is 98.0 Å². The summed E-state index contributed by atoms with van der Waals surface area (Å²) in [6.45, 7) is 2.23. The zero-order valence-electron chi connectivity index (χ0n) is 22.2. The molecule has 2 rings (SSSR count). The number of rotatable bonds is 16. The van der Waals surface area contributed by atoms with Crippen molar-refractivity contribution in [1.82, 2.24) is 0 Å². The molecule has 0 saturated heterocycles. The first kappa shape index (κ1) is 29.3. The van der Waals surface area contributed by atoms with Crippen LogP contribution in [0.5, 0.6) is 23.0 Å². The minimum atomic E-state index is -0.843. The maximum atomic E-state index is 10.8. The van der Waals surface area contributed by atoms with Gasteiger partial charge < -0.3 is 24.1 Å². The molecule has 0 spiro atoms. The first-order valence-corrected chi connectivity index (χ1v) is 12.5. The minimum absolute atomic E-state index is 0.417. The second-order valence-corrected chi connectivity index (χ2v) is 8.60. The van der Waals surface area contributed by atoms with Crippen LogP contribution in [0.4, 0.5) is 0 Å². The van der Waals surface area contributed by atoms with E-state index in [-0.39, 0.29) is 0 Å². The van der Waals surface area contributed by atoms with Gasteiger partial charge in [-0.25, -0.2) is 4.79 Å². The Bertz CT molecular complexity index is 1130. The summed E-state index contributed by atoms with van der Waals surface area (Å²) in [4.78, 5) is 10.8. The molecule has 1 N–H and O–H groups in total. The highest BCUT2D eigenvalue weighted by molar-refractivity contribution is 5.90. The third-order valence-electron chi connectivity index (χ3n) is 5.96. The minimum Gasteiger partial charge on any atom is -0.493 e. The molecule has 0 aliphatic carbocycles. The highest BCUT2D eigenvalue weighted by Gasteiger charge is 2.10. The summed E-state index contributed by atoms with van der Waals surface area (Å²) in [6.07, 6.45) is 10.8. The van der Waals surface area contributed by atoms with Gasteiger partial charge in [0, 0.05) is 5.57 Å². The van der Waals surface area contributed by atoms with E-state index in [9.17, 15) is 10.1 Å². The Morgan fingerprint density at radius 2 is 1.49 bits per heavy atom. The van der Waals surface area contributed by atoms with Crippen LogP contribution >= 0.6 is 0 Å². The molecule has 0 fully saturated rings. The molecule has 2 aromatic carbocycles. The molecule has 7 heteroatoms. The Hall–Kier alpha value is -3.92. The number of nitriles is 1. The number of carboxylic acids is 1.